The highest BCUT2D eigenvalue weighted by atomic mass is 79.9. The van der Waals surface area contributed by atoms with Gasteiger partial charge in [0, 0.05) is 21.6 Å². The molecule has 2 aromatic rings. The molecule has 0 unspecified atom stereocenters. The summed E-state index contributed by atoms with van der Waals surface area (Å²) in [4.78, 5) is 6.33. The second-order valence-corrected chi connectivity index (χ2v) is 3.79. The van der Waals surface area contributed by atoms with Crippen LogP contribution >= 0.6 is 15.9 Å². The van der Waals surface area contributed by atoms with Crippen molar-refractivity contribution in [3.63, 3.8) is 0 Å². The Balaban J connectivity index is 2.62. The van der Waals surface area contributed by atoms with Crippen LogP contribution in [0.1, 0.15) is 5.56 Å². The molecule has 0 spiro atoms. The van der Waals surface area contributed by atoms with Crippen LogP contribution in [0.4, 0.5) is 0 Å². The molecule has 1 aromatic heterocycles. The standard InChI is InChI=1S/C11H7BrN2/c1-13-5-4-8-7-14-11-3-2-9(12)6-10(8)11/h2-7,14H/b5-4-. The van der Waals surface area contributed by atoms with E-state index in [-0.39, 0.29) is 0 Å². The Labute approximate surface area is 90.2 Å². The summed E-state index contributed by atoms with van der Waals surface area (Å²) in [5.74, 6) is 0. The third-order valence-corrected chi connectivity index (χ3v) is 2.50. The van der Waals surface area contributed by atoms with Gasteiger partial charge in [-0.15, -0.1) is 0 Å². The maximum Gasteiger partial charge on any atom is 0.154 e. The third kappa shape index (κ3) is 1.57. The number of hydrogen-bond donors (Lipinski definition) is 1. The average Bonchev–Trinajstić information content (AvgIpc) is 2.57. The minimum atomic E-state index is 1.04. The third-order valence-electron chi connectivity index (χ3n) is 2.00. The topological polar surface area (TPSA) is 20.1 Å². The van der Waals surface area contributed by atoms with Crippen LogP contribution in [-0.4, -0.2) is 4.98 Å². The first-order valence-electron chi connectivity index (χ1n) is 4.11. The number of aromatic nitrogens is 1. The molecule has 1 heterocycles. The molecule has 0 saturated heterocycles. The Morgan fingerprint density at radius 1 is 1.43 bits per heavy atom. The quantitative estimate of drug-likeness (QED) is 0.739. The van der Waals surface area contributed by atoms with Gasteiger partial charge in [-0.25, -0.2) is 4.85 Å². The van der Waals surface area contributed by atoms with Crippen molar-refractivity contribution in [2.45, 2.75) is 0 Å². The van der Waals surface area contributed by atoms with Gasteiger partial charge in [0.25, 0.3) is 0 Å². The van der Waals surface area contributed by atoms with Crippen molar-refractivity contribution < 1.29 is 0 Å². The maximum absolute atomic E-state index is 6.67. The van der Waals surface area contributed by atoms with Gasteiger partial charge in [-0.1, -0.05) is 22.0 Å². The van der Waals surface area contributed by atoms with Gasteiger partial charge in [-0.05, 0) is 23.8 Å². The van der Waals surface area contributed by atoms with Gasteiger partial charge in [0.15, 0.2) is 6.20 Å². The van der Waals surface area contributed by atoms with Crippen molar-refractivity contribution >= 4 is 32.9 Å². The molecule has 1 N–H and O–H groups in total. The predicted molar refractivity (Wildman–Crippen MR) is 61.6 cm³/mol. The first-order valence-corrected chi connectivity index (χ1v) is 4.90. The van der Waals surface area contributed by atoms with Crippen LogP contribution in [0.3, 0.4) is 0 Å². The number of halogens is 1. The fraction of sp³-hybridized carbons (Fsp3) is 0. The van der Waals surface area contributed by atoms with E-state index in [0.29, 0.717) is 0 Å². The Morgan fingerprint density at radius 2 is 2.29 bits per heavy atom. The minimum absolute atomic E-state index is 1.04. The van der Waals surface area contributed by atoms with E-state index in [0.717, 1.165) is 20.9 Å². The molecule has 2 rings (SSSR count). The van der Waals surface area contributed by atoms with Crippen molar-refractivity contribution in [3.05, 3.63) is 52.0 Å². The summed E-state index contributed by atoms with van der Waals surface area (Å²) in [5, 5.41) is 1.12. The fourth-order valence-electron chi connectivity index (χ4n) is 1.37. The smallest absolute Gasteiger partial charge is 0.154 e. The zero-order chi connectivity index (χ0) is 9.97. The van der Waals surface area contributed by atoms with Crippen LogP contribution in [0.5, 0.6) is 0 Å². The Hall–Kier alpha value is -1.53. The molecular weight excluding hydrogens is 240 g/mol. The molecular formula is C11H7BrN2. The zero-order valence-corrected chi connectivity index (χ0v) is 8.88. The molecule has 14 heavy (non-hydrogen) atoms. The van der Waals surface area contributed by atoms with E-state index >= 15 is 0 Å². The second-order valence-electron chi connectivity index (χ2n) is 2.88. The summed E-state index contributed by atoms with van der Waals surface area (Å²) in [6.45, 7) is 6.67. The van der Waals surface area contributed by atoms with Crippen LogP contribution < -0.4 is 0 Å². The minimum Gasteiger partial charge on any atom is -0.361 e. The molecule has 2 nitrogen and oxygen atoms in total. The van der Waals surface area contributed by atoms with E-state index in [2.05, 4.69) is 25.8 Å². The number of fused-ring (bicyclic) bond motifs is 1. The van der Waals surface area contributed by atoms with Crippen LogP contribution in [0.25, 0.3) is 21.8 Å². The van der Waals surface area contributed by atoms with Crippen molar-refractivity contribution in [2.24, 2.45) is 0 Å². The molecule has 0 fully saturated rings. The van der Waals surface area contributed by atoms with Crippen molar-refractivity contribution in [2.75, 3.05) is 0 Å². The lowest BCUT2D eigenvalue weighted by molar-refractivity contribution is 1.47. The summed E-state index contributed by atoms with van der Waals surface area (Å²) in [6, 6.07) is 6.03. The molecule has 0 saturated carbocycles. The van der Waals surface area contributed by atoms with Crippen molar-refractivity contribution in [3.8, 4) is 0 Å². The summed E-state index contributed by atoms with van der Waals surface area (Å²) in [7, 11) is 0. The van der Waals surface area contributed by atoms with E-state index in [4.69, 9.17) is 6.57 Å². The van der Waals surface area contributed by atoms with Crippen LogP contribution in [0.2, 0.25) is 0 Å². The molecule has 0 bridgehead atoms. The van der Waals surface area contributed by atoms with E-state index in [1.165, 1.54) is 6.20 Å². The second kappa shape index (κ2) is 3.69. The molecule has 0 radical (unpaired) electrons. The van der Waals surface area contributed by atoms with Crippen LogP contribution in [-0.2, 0) is 0 Å². The number of H-pyrrole nitrogens is 1. The zero-order valence-electron chi connectivity index (χ0n) is 7.29. The summed E-state index contributed by atoms with van der Waals surface area (Å²) >= 11 is 3.42. The normalized spacial score (nSPS) is 10.9. The number of hydrogen-bond acceptors (Lipinski definition) is 0. The first kappa shape index (κ1) is 9.04. The molecule has 0 aliphatic heterocycles. The number of nitrogens with one attached hydrogen (secondary N) is 1. The van der Waals surface area contributed by atoms with Gasteiger partial charge >= 0.3 is 0 Å². The van der Waals surface area contributed by atoms with E-state index in [1.807, 2.05) is 24.4 Å². The number of benzene rings is 1. The van der Waals surface area contributed by atoms with Gasteiger partial charge in [0.1, 0.15) is 0 Å². The molecule has 3 heteroatoms. The van der Waals surface area contributed by atoms with Gasteiger partial charge in [0.05, 0.1) is 6.57 Å². The molecule has 0 atom stereocenters. The number of rotatable bonds is 1. The van der Waals surface area contributed by atoms with Gasteiger partial charge < -0.3 is 4.98 Å². The molecule has 0 aliphatic carbocycles. The van der Waals surface area contributed by atoms with Gasteiger partial charge in [-0.3, -0.25) is 0 Å². The summed E-state index contributed by atoms with van der Waals surface area (Å²) in [5.41, 5.74) is 2.12. The highest BCUT2D eigenvalue weighted by molar-refractivity contribution is 9.10. The van der Waals surface area contributed by atoms with E-state index in [1.54, 1.807) is 6.08 Å². The lowest BCUT2D eigenvalue weighted by Crippen LogP contribution is -1.69. The van der Waals surface area contributed by atoms with Gasteiger partial charge in [-0.2, -0.15) is 0 Å². The highest BCUT2D eigenvalue weighted by Gasteiger charge is 2.00. The van der Waals surface area contributed by atoms with Crippen molar-refractivity contribution in [1.29, 1.82) is 0 Å². The largest absolute Gasteiger partial charge is 0.361 e. The lowest BCUT2D eigenvalue weighted by atomic mass is 10.2. The van der Waals surface area contributed by atoms with Crippen molar-refractivity contribution in [1.82, 2.24) is 4.98 Å². The Kier molecular flexibility index (Phi) is 2.38. The number of aromatic amines is 1. The molecule has 68 valence electrons. The Morgan fingerprint density at radius 3 is 3.07 bits per heavy atom. The van der Waals surface area contributed by atoms with Crippen LogP contribution in [0, 0.1) is 6.57 Å². The number of nitrogens with zero attached hydrogens (tertiary/aromatic N) is 1. The monoisotopic (exact) mass is 246 g/mol. The first-order chi connectivity index (χ1) is 6.81. The maximum atomic E-state index is 6.67. The highest BCUT2D eigenvalue weighted by Crippen LogP contribution is 2.23. The van der Waals surface area contributed by atoms with Gasteiger partial charge in [0.2, 0.25) is 0 Å². The average molecular weight is 247 g/mol. The Bertz CT molecular complexity index is 532. The SMILES string of the molecule is [C-]#[N+]/C=C\c1c[nH]c2ccc(Br)cc12. The summed E-state index contributed by atoms with van der Waals surface area (Å²) in [6.07, 6.45) is 5.17. The predicted octanol–water partition coefficient (Wildman–Crippen LogP) is 3.82. The molecule has 1 aromatic carbocycles. The lowest BCUT2D eigenvalue weighted by Gasteiger charge is -1.92. The summed E-state index contributed by atoms with van der Waals surface area (Å²) < 4.78 is 1.04. The fourth-order valence-corrected chi connectivity index (χ4v) is 1.73. The van der Waals surface area contributed by atoms with E-state index < -0.39 is 0 Å². The van der Waals surface area contributed by atoms with Crippen LogP contribution in [0.15, 0.2) is 35.1 Å². The van der Waals surface area contributed by atoms with E-state index in [9.17, 15) is 0 Å². The molecule has 0 amide bonds. The molecule has 0 aliphatic rings.